The molecule has 0 aliphatic carbocycles. The first-order valence-corrected chi connectivity index (χ1v) is 11.2. The van der Waals surface area contributed by atoms with Crippen LogP contribution in [0.5, 0.6) is 0 Å². The fourth-order valence-corrected chi connectivity index (χ4v) is 2.76. The van der Waals surface area contributed by atoms with E-state index in [0.717, 1.165) is 10.8 Å². The predicted molar refractivity (Wildman–Crippen MR) is 103 cm³/mol. The van der Waals surface area contributed by atoms with Gasteiger partial charge in [0.2, 0.25) is 0 Å². The summed E-state index contributed by atoms with van der Waals surface area (Å²) in [6.07, 6.45) is 5.52. The van der Waals surface area contributed by atoms with Crippen molar-refractivity contribution in [3.63, 3.8) is 0 Å². The third-order valence-electron chi connectivity index (χ3n) is 4.59. The Bertz CT molecular complexity index is 428. The number of hydrogen-bond donors (Lipinski definition) is 1. The van der Waals surface area contributed by atoms with Gasteiger partial charge in [-0.25, -0.2) is 0 Å². The van der Waals surface area contributed by atoms with Gasteiger partial charge in [0.25, 0.3) is 0 Å². The summed E-state index contributed by atoms with van der Waals surface area (Å²) < 4.78 is 6.24. The Morgan fingerprint density at radius 2 is 1.92 bits per heavy atom. The van der Waals surface area contributed by atoms with Crippen molar-refractivity contribution in [3.8, 4) is 0 Å². The van der Waals surface area contributed by atoms with Gasteiger partial charge in [0.1, 0.15) is 6.73 Å². The summed E-state index contributed by atoms with van der Waals surface area (Å²) in [4.78, 5) is 7.29. The molecule has 5 nitrogen and oxygen atoms in total. The smallest absolute Gasteiger partial charge is 0.192 e. The minimum Gasteiger partial charge on any atom is -0.416 e. The van der Waals surface area contributed by atoms with E-state index in [4.69, 9.17) is 9.26 Å². The van der Waals surface area contributed by atoms with Crippen molar-refractivity contribution in [2.75, 3.05) is 26.9 Å². The molecule has 0 aromatic heterocycles. The largest absolute Gasteiger partial charge is 0.416 e. The zero-order valence-corrected chi connectivity index (χ0v) is 17.5. The molecule has 0 aliphatic heterocycles. The summed E-state index contributed by atoms with van der Waals surface area (Å²) in [7, 11) is -0.331. The Hall–Kier alpha value is -0.763. The summed E-state index contributed by atoms with van der Waals surface area (Å²) >= 11 is 0. The van der Waals surface area contributed by atoms with E-state index in [1.165, 1.54) is 7.05 Å². The highest BCUT2D eigenvalue weighted by molar-refractivity contribution is 6.74. The SMILES string of the molecule is C=C/C=C\C(=C)C(C)N(CCO[Si](C)(C)C(C)(C)C)CON(C)O. The van der Waals surface area contributed by atoms with Gasteiger partial charge in [-0.2, -0.15) is 0 Å². The second kappa shape index (κ2) is 10.3. The number of allylic oxidation sites excluding steroid dienone is 2. The van der Waals surface area contributed by atoms with Gasteiger partial charge in [-0.15, -0.1) is 0 Å². The minimum absolute atomic E-state index is 0.0594. The maximum absolute atomic E-state index is 9.23. The summed E-state index contributed by atoms with van der Waals surface area (Å²) in [6.45, 7) is 22.6. The van der Waals surface area contributed by atoms with Crippen LogP contribution < -0.4 is 0 Å². The van der Waals surface area contributed by atoms with Crippen LogP contribution in [0.1, 0.15) is 27.7 Å². The average Bonchev–Trinajstić information content (AvgIpc) is 2.45. The number of nitrogens with zero attached hydrogens (tertiary/aromatic N) is 2. The van der Waals surface area contributed by atoms with E-state index in [1.807, 2.05) is 12.2 Å². The second-order valence-electron chi connectivity index (χ2n) is 7.49. The molecule has 24 heavy (non-hydrogen) atoms. The van der Waals surface area contributed by atoms with Crippen molar-refractivity contribution < 1.29 is 14.5 Å². The van der Waals surface area contributed by atoms with E-state index in [-0.39, 0.29) is 17.8 Å². The lowest BCUT2D eigenvalue weighted by Gasteiger charge is -2.37. The fourth-order valence-electron chi connectivity index (χ4n) is 1.73. The Kier molecular flexibility index (Phi) is 9.95. The van der Waals surface area contributed by atoms with Gasteiger partial charge in [0, 0.05) is 26.2 Å². The lowest BCUT2D eigenvalue weighted by molar-refractivity contribution is -0.339. The third kappa shape index (κ3) is 8.37. The van der Waals surface area contributed by atoms with E-state index >= 15 is 0 Å². The summed E-state index contributed by atoms with van der Waals surface area (Å²) in [5.41, 5.74) is 0.950. The van der Waals surface area contributed by atoms with Crippen LogP contribution in [-0.4, -0.2) is 56.6 Å². The van der Waals surface area contributed by atoms with Gasteiger partial charge >= 0.3 is 0 Å². The number of rotatable bonds is 11. The van der Waals surface area contributed by atoms with Crippen LogP contribution in [0.15, 0.2) is 37.0 Å². The third-order valence-corrected chi connectivity index (χ3v) is 9.13. The van der Waals surface area contributed by atoms with Gasteiger partial charge in [-0.3, -0.25) is 14.9 Å². The first-order valence-electron chi connectivity index (χ1n) is 8.34. The van der Waals surface area contributed by atoms with Crippen LogP contribution in [0.2, 0.25) is 18.1 Å². The molecule has 0 rings (SSSR count). The average molecular weight is 357 g/mol. The van der Waals surface area contributed by atoms with Crippen LogP contribution in [0, 0.1) is 0 Å². The molecule has 0 aromatic rings. The van der Waals surface area contributed by atoms with Crippen LogP contribution >= 0.6 is 0 Å². The molecule has 0 fully saturated rings. The molecule has 0 radical (unpaired) electrons. The van der Waals surface area contributed by atoms with Crippen molar-refractivity contribution in [2.24, 2.45) is 0 Å². The van der Waals surface area contributed by atoms with Crippen LogP contribution in [0.25, 0.3) is 0 Å². The highest BCUT2D eigenvalue weighted by Gasteiger charge is 2.37. The number of hydroxylamine groups is 2. The monoisotopic (exact) mass is 356 g/mol. The van der Waals surface area contributed by atoms with Crippen molar-refractivity contribution in [3.05, 3.63) is 37.0 Å². The summed E-state index contributed by atoms with van der Waals surface area (Å²) in [5.74, 6) is 0. The molecule has 0 saturated heterocycles. The van der Waals surface area contributed by atoms with Gasteiger partial charge in [-0.05, 0) is 30.6 Å². The molecule has 0 aliphatic rings. The molecule has 1 unspecified atom stereocenters. The lowest BCUT2D eigenvalue weighted by atomic mass is 10.1. The molecule has 0 bridgehead atoms. The molecule has 1 atom stereocenters. The topological polar surface area (TPSA) is 45.2 Å². The summed E-state index contributed by atoms with van der Waals surface area (Å²) in [6, 6.07) is 0.0594. The zero-order chi connectivity index (χ0) is 19.0. The molecule has 0 aromatic carbocycles. The van der Waals surface area contributed by atoms with Crippen molar-refractivity contribution in [1.82, 2.24) is 10.1 Å². The van der Waals surface area contributed by atoms with E-state index in [0.29, 0.717) is 13.2 Å². The fraction of sp³-hybridized carbons (Fsp3) is 0.667. The van der Waals surface area contributed by atoms with E-state index in [2.05, 4.69) is 58.8 Å². The van der Waals surface area contributed by atoms with Crippen LogP contribution in [-0.2, 0) is 9.26 Å². The molecule has 140 valence electrons. The highest BCUT2D eigenvalue weighted by Crippen LogP contribution is 2.36. The van der Waals surface area contributed by atoms with E-state index < -0.39 is 8.32 Å². The standard InChI is InChI=1S/C18H36N2O3Si/c1-10-11-12-16(2)17(3)20(15-22-19(7)21)13-14-23-24(8,9)18(4,5)6/h10-12,17,21H,1-2,13-15H2,3-9H3/b12-11-. The molecule has 0 spiro atoms. The Morgan fingerprint density at radius 1 is 1.33 bits per heavy atom. The first kappa shape index (κ1) is 23.2. The Balaban J connectivity index is 4.81. The van der Waals surface area contributed by atoms with Crippen LogP contribution in [0.4, 0.5) is 0 Å². The second-order valence-corrected chi connectivity index (χ2v) is 12.3. The van der Waals surface area contributed by atoms with Gasteiger partial charge < -0.3 is 4.43 Å². The van der Waals surface area contributed by atoms with Gasteiger partial charge in [0.05, 0.1) is 0 Å². The van der Waals surface area contributed by atoms with E-state index in [9.17, 15) is 5.21 Å². The molecule has 1 N–H and O–H groups in total. The maximum Gasteiger partial charge on any atom is 0.192 e. The highest BCUT2D eigenvalue weighted by atomic mass is 28.4. The first-order chi connectivity index (χ1) is 10.9. The maximum atomic E-state index is 9.23. The van der Waals surface area contributed by atoms with Crippen molar-refractivity contribution in [1.29, 1.82) is 0 Å². The number of hydrogen-bond acceptors (Lipinski definition) is 5. The minimum atomic E-state index is -1.78. The summed E-state index contributed by atoms with van der Waals surface area (Å²) in [5, 5.41) is 10.1. The van der Waals surface area contributed by atoms with Gasteiger partial charge in [0.15, 0.2) is 8.32 Å². The molecule has 0 saturated carbocycles. The molecular formula is C18H36N2O3Si. The zero-order valence-electron chi connectivity index (χ0n) is 16.5. The molecular weight excluding hydrogens is 320 g/mol. The predicted octanol–water partition coefficient (Wildman–Crippen LogP) is 4.21. The molecule has 0 heterocycles. The Morgan fingerprint density at radius 3 is 2.38 bits per heavy atom. The van der Waals surface area contributed by atoms with Crippen molar-refractivity contribution >= 4 is 8.32 Å². The lowest BCUT2D eigenvalue weighted by Crippen LogP contribution is -2.45. The molecule has 0 amide bonds. The molecule has 6 heteroatoms. The van der Waals surface area contributed by atoms with E-state index in [1.54, 1.807) is 6.08 Å². The van der Waals surface area contributed by atoms with Crippen molar-refractivity contribution in [2.45, 2.75) is 51.9 Å². The quantitative estimate of drug-likeness (QED) is 0.260. The van der Waals surface area contributed by atoms with Gasteiger partial charge in [-0.1, -0.05) is 57.4 Å². The normalized spacial score (nSPS) is 14.6. The van der Waals surface area contributed by atoms with Crippen LogP contribution in [0.3, 0.4) is 0 Å². The Labute approximate surface area is 149 Å².